The summed E-state index contributed by atoms with van der Waals surface area (Å²) < 4.78 is 0. The third kappa shape index (κ3) is 5.22. The molecule has 2 aromatic rings. The molecule has 1 fully saturated rings. The van der Waals surface area contributed by atoms with E-state index < -0.39 is 0 Å². The lowest BCUT2D eigenvalue weighted by molar-refractivity contribution is 0.0955. The van der Waals surface area contributed by atoms with Crippen molar-refractivity contribution < 1.29 is 4.79 Å². The van der Waals surface area contributed by atoms with Gasteiger partial charge in [-0.3, -0.25) is 4.79 Å². The Morgan fingerprint density at radius 3 is 2.93 bits per heavy atom. The van der Waals surface area contributed by atoms with Gasteiger partial charge in [-0.15, -0.1) is 0 Å². The van der Waals surface area contributed by atoms with Crippen LogP contribution in [0.4, 0.5) is 5.82 Å². The van der Waals surface area contributed by atoms with E-state index in [9.17, 15) is 4.79 Å². The minimum absolute atomic E-state index is 0.0301. The molecule has 3 rings (SSSR count). The van der Waals surface area contributed by atoms with Crippen LogP contribution >= 0.6 is 11.8 Å². The molecule has 1 atom stereocenters. The zero-order valence-corrected chi connectivity index (χ0v) is 17.2. The van der Waals surface area contributed by atoms with Crippen LogP contribution in [0.15, 0.2) is 35.5 Å². The molecule has 1 saturated heterocycles. The highest BCUT2D eigenvalue weighted by Crippen LogP contribution is 2.27. The van der Waals surface area contributed by atoms with Gasteiger partial charge in [-0.05, 0) is 57.7 Å². The molecule has 1 aliphatic rings. The lowest BCUT2D eigenvalue weighted by Gasteiger charge is -2.34. The molecule has 1 aromatic carbocycles. The van der Waals surface area contributed by atoms with Crippen LogP contribution in [0, 0.1) is 6.92 Å². The molecule has 1 aromatic heterocycles. The van der Waals surface area contributed by atoms with Gasteiger partial charge < -0.3 is 10.2 Å². The molecule has 0 radical (unpaired) electrons. The molecular weight excluding hydrogens is 356 g/mol. The van der Waals surface area contributed by atoms with Crippen LogP contribution in [0.3, 0.4) is 0 Å². The van der Waals surface area contributed by atoms with Gasteiger partial charge in [0.05, 0.1) is 0 Å². The number of amides is 1. The van der Waals surface area contributed by atoms with E-state index in [0.29, 0.717) is 18.2 Å². The molecule has 144 valence electrons. The quantitative estimate of drug-likeness (QED) is 0.597. The van der Waals surface area contributed by atoms with E-state index in [1.165, 1.54) is 19.3 Å². The number of nitrogens with one attached hydrogen (secondary N) is 1. The Morgan fingerprint density at radius 1 is 1.30 bits per heavy atom. The minimum atomic E-state index is -0.0301. The Hall–Kier alpha value is -2.08. The summed E-state index contributed by atoms with van der Waals surface area (Å²) in [5.74, 6) is 1.75. The van der Waals surface area contributed by atoms with E-state index in [0.717, 1.165) is 34.5 Å². The topological polar surface area (TPSA) is 58.1 Å². The van der Waals surface area contributed by atoms with Crippen molar-refractivity contribution in [3.63, 3.8) is 0 Å². The number of thioether (sulfide) groups is 1. The number of anilines is 1. The van der Waals surface area contributed by atoms with Crippen LogP contribution < -0.4 is 10.2 Å². The van der Waals surface area contributed by atoms with Gasteiger partial charge in [-0.2, -0.15) is 0 Å². The second kappa shape index (κ2) is 9.22. The van der Waals surface area contributed by atoms with Crippen molar-refractivity contribution in [1.29, 1.82) is 0 Å². The molecule has 5 nitrogen and oxygen atoms in total. The average molecular weight is 385 g/mol. The summed E-state index contributed by atoms with van der Waals surface area (Å²) in [4.78, 5) is 23.8. The van der Waals surface area contributed by atoms with Gasteiger partial charge in [0.2, 0.25) is 0 Å². The van der Waals surface area contributed by atoms with Gasteiger partial charge in [-0.1, -0.05) is 23.9 Å². The number of hydrogen-bond acceptors (Lipinski definition) is 5. The van der Waals surface area contributed by atoms with Crippen LogP contribution in [0.25, 0.3) is 0 Å². The van der Waals surface area contributed by atoms with Crippen molar-refractivity contribution in [3.8, 4) is 0 Å². The summed E-state index contributed by atoms with van der Waals surface area (Å²) in [5, 5.41) is 3.64. The number of carbonyl (C=O) groups is 1. The summed E-state index contributed by atoms with van der Waals surface area (Å²) in [6, 6.07) is 10.4. The fourth-order valence-corrected chi connectivity index (χ4v) is 4.23. The summed E-state index contributed by atoms with van der Waals surface area (Å²) >= 11 is 1.62. The minimum Gasteiger partial charge on any atom is -0.354 e. The monoisotopic (exact) mass is 384 g/mol. The number of carbonyl (C=O) groups excluding carboxylic acids is 1. The van der Waals surface area contributed by atoms with E-state index in [4.69, 9.17) is 4.98 Å². The van der Waals surface area contributed by atoms with Crippen molar-refractivity contribution in [2.24, 2.45) is 0 Å². The zero-order valence-electron chi connectivity index (χ0n) is 16.4. The second-order valence-corrected chi connectivity index (χ2v) is 7.98. The average Bonchev–Trinajstić information content (AvgIpc) is 2.67. The van der Waals surface area contributed by atoms with Gasteiger partial charge in [0.15, 0.2) is 5.16 Å². The molecule has 0 aliphatic carbocycles. The van der Waals surface area contributed by atoms with E-state index >= 15 is 0 Å². The first-order chi connectivity index (χ1) is 13.1. The standard InChI is InChI=1S/C21H28N4OS/c1-4-22-20(26)18-10-7-9-17(13-18)14-27-21-23-15(2)12-19(24-21)25-11-6-5-8-16(25)3/h7,9-10,12-13,16H,4-6,8,11,14H2,1-3H3,(H,22,26)/t16-/m0/s1. The predicted octanol–water partition coefficient (Wildman–Crippen LogP) is 4.21. The third-order valence-electron chi connectivity index (χ3n) is 4.81. The Bertz CT molecular complexity index is 796. The number of aryl methyl sites for hydroxylation is 1. The van der Waals surface area contributed by atoms with Crippen molar-refractivity contribution >= 4 is 23.5 Å². The molecule has 0 spiro atoms. The summed E-state index contributed by atoms with van der Waals surface area (Å²) in [7, 11) is 0. The number of rotatable bonds is 6. The second-order valence-electron chi connectivity index (χ2n) is 7.04. The van der Waals surface area contributed by atoms with E-state index in [2.05, 4.69) is 28.2 Å². The maximum atomic E-state index is 12.0. The maximum Gasteiger partial charge on any atom is 0.251 e. The molecule has 0 bridgehead atoms. The zero-order chi connectivity index (χ0) is 19.2. The van der Waals surface area contributed by atoms with Crippen molar-refractivity contribution in [1.82, 2.24) is 15.3 Å². The highest BCUT2D eigenvalue weighted by Gasteiger charge is 2.20. The number of benzene rings is 1. The fraction of sp³-hybridized carbons (Fsp3) is 0.476. The van der Waals surface area contributed by atoms with Gasteiger partial charge in [0.1, 0.15) is 5.82 Å². The van der Waals surface area contributed by atoms with Crippen molar-refractivity contribution in [2.45, 2.75) is 57.0 Å². The van der Waals surface area contributed by atoms with E-state index in [1.54, 1.807) is 11.8 Å². The fourth-order valence-electron chi connectivity index (χ4n) is 3.39. The molecule has 1 N–H and O–H groups in total. The first-order valence-electron chi connectivity index (χ1n) is 9.69. The molecule has 2 heterocycles. The summed E-state index contributed by atoms with van der Waals surface area (Å²) in [6.07, 6.45) is 3.74. The molecule has 6 heteroatoms. The predicted molar refractivity (Wildman–Crippen MR) is 111 cm³/mol. The maximum absolute atomic E-state index is 12.0. The number of aromatic nitrogens is 2. The Labute approximate surface area is 166 Å². The summed E-state index contributed by atoms with van der Waals surface area (Å²) in [6.45, 7) is 7.92. The number of hydrogen-bond donors (Lipinski definition) is 1. The smallest absolute Gasteiger partial charge is 0.251 e. The molecule has 0 unspecified atom stereocenters. The normalized spacial score (nSPS) is 17.0. The van der Waals surface area contributed by atoms with Gasteiger partial charge >= 0.3 is 0 Å². The number of piperidine rings is 1. The molecule has 27 heavy (non-hydrogen) atoms. The van der Waals surface area contributed by atoms with E-state index in [1.807, 2.05) is 38.1 Å². The molecule has 1 aliphatic heterocycles. The SMILES string of the molecule is CCNC(=O)c1cccc(CSc2nc(C)cc(N3CCCC[C@@H]3C)n2)c1. The van der Waals surface area contributed by atoms with Crippen LogP contribution in [-0.2, 0) is 5.75 Å². The van der Waals surface area contributed by atoms with Crippen LogP contribution in [0.2, 0.25) is 0 Å². The molecular formula is C21H28N4OS. The molecule has 1 amide bonds. The Kier molecular flexibility index (Phi) is 6.72. The highest BCUT2D eigenvalue weighted by molar-refractivity contribution is 7.98. The van der Waals surface area contributed by atoms with Crippen LogP contribution in [0.5, 0.6) is 0 Å². The highest BCUT2D eigenvalue weighted by atomic mass is 32.2. The number of nitrogens with zero attached hydrogens (tertiary/aromatic N) is 3. The molecule has 0 saturated carbocycles. The summed E-state index contributed by atoms with van der Waals surface area (Å²) in [5.41, 5.74) is 2.79. The Morgan fingerprint density at radius 2 is 2.15 bits per heavy atom. The third-order valence-corrected chi connectivity index (χ3v) is 5.73. The first kappa shape index (κ1) is 19.7. The van der Waals surface area contributed by atoms with Gasteiger partial charge in [0, 0.05) is 42.2 Å². The van der Waals surface area contributed by atoms with Crippen LogP contribution in [0.1, 0.15) is 54.7 Å². The van der Waals surface area contributed by atoms with Gasteiger partial charge in [0.25, 0.3) is 5.91 Å². The Balaban J connectivity index is 1.71. The van der Waals surface area contributed by atoms with Crippen LogP contribution in [-0.4, -0.2) is 35.0 Å². The van der Waals surface area contributed by atoms with Gasteiger partial charge in [-0.25, -0.2) is 9.97 Å². The largest absolute Gasteiger partial charge is 0.354 e. The van der Waals surface area contributed by atoms with Crippen molar-refractivity contribution in [3.05, 3.63) is 47.2 Å². The van der Waals surface area contributed by atoms with Crippen molar-refractivity contribution in [2.75, 3.05) is 18.0 Å². The first-order valence-corrected chi connectivity index (χ1v) is 10.7. The van der Waals surface area contributed by atoms with E-state index in [-0.39, 0.29) is 5.91 Å². The lowest BCUT2D eigenvalue weighted by Crippen LogP contribution is -2.38. The lowest BCUT2D eigenvalue weighted by atomic mass is 10.0.